The fourth-order valence-corrected chi connectivity index (χ4v) is 2.47. The SMILES string of the molecule is CC(C)c1ccc(C(O)CNOC2CCCC2)cc1. The Bertz CT molecular complexity index is 369. The molecule has 3 nitrogen and oxygen atoms in total. The van der Waals surface area contributed by atoms with E-state index < -0.39 is 6.10 Å². The van der Waals surface area contributed by atoms with Gasteiger partial charge in [0.1, 0.15) is 0 Å². The van der Waals surface area contributed by atoms with Crippen LogP contribution in [0.2, 0.25) is 0 Å². The molecule has 1 aliphatic rings. The zero-order valence-corrected chi connectivity index (χ0v) is 11.9. The molecule has 1 aromatic rings. The molecule has 0 amide bonds. The first-order valence-electron chi connectivity index (χ1n) is 7.33. The van der Waals surface area contributed by atoms with Crippen LogP contribution in [0, 0.1) is 0 Å². The summed E-state index contributed by atoms with van der Waals surface area (Å²) in [5.41, 5.74) is 5.15. The molecule has 0 bridgehead atoms. The first kappa shape index (κ1) is 14.5. The van der Waals surface area contributed by atoms with Crippen LogP contribution in [0.3, 0.4) is 0 Å². The highest BCUT2D eigenvalue weighted by Crippen LogP contribution is 2.21. The van der Waals surface area contributed by atoms with E-state index in [0.29, 0.717) is 18.6 Å². The molecule has 1 fully saturated rings. The minimum Gasteiger partial charge on any atom is -0.387 e. The van der Waals surface area contributed by atoms with Crippen molar-refractivity contribution in [2.24, 2.45) is 0 Å². The molecule has 1 atom stereocenters. The Morgan fingerprint density at radius 2 is 1.74 bits per heavy atom. The topological polar surface area (TPSA) is 41.5 Å². The molecule has 2 rings (SSSR count). The summed E-state index contributed by atoms with van der Waals surface area (Å²) in [4.78, 5) is 5.55. The van der Waals surface area contributed by atoms with Gasteiger partial charge in [-0.3, -0.25) is 4.84 Å². The number of hydrogen-bond donors (Lipinski definition) is 2. The Morgan fingerprint density at radius 1 is 1.16 bits per heavy atom. The van der Waals surface area contributed by atoms with E-state index in [4.69, 9.17) is 4.84 Å². The molecule has 2 N–H and O–H groups in total. The van der Waals surface area contributed by atoms with Crippen molar-refractivity contribution in [2.45, 2.75) is 57.7 Å². The summed E-state index contributed by atoms with van der Waals surface area (Å²) in [6, 6.07) is 8.16. The largest absolute Gasteiger partial charge is 0.387 e. The number of benzene rings is 1. The van der Waals surface area contributed by atoms with E-state index >= 15 is 0 Å². The van der Waals surface area contributed by atoms with Crippen LogP contribution < -0.4 is 5.48 Å². The molecular weight excluding hydrogens is 238 g/mol. The van der Waals surface area contributed by atoms with Crippen molar-refractivity contribution in [3.8, 4) is 0 Å². The zero-order chi connectivity index (χ0) is 13.7. The van der Waals surface area contributed by atoms with Crippen LogP contribution in [0.4, 0.5) is 0 Å². The van der Waals surface area contributed by atoms with Crippen molar-refractivity contribution in [3.05, 3.63) is 35.4 Å². The van der Waals surface area contributed by atoms with Gasteiger partial charge in [-0.1, -0.05) is 51.0 Å². The lowest BCUT2D eigenvalue weighted by Crippen LogP contribution is -2.26. The fraction of sp³-hybridized carbons (Fsp3) is 0.625. The molecule has 0 radical (unpaired) electrons. The third kappa shape index (κ3) is 4.30. The number of nitrogens with one attached hydrogen (secondary N) is 1. The average molecular weight is 263 g/mol. The third-order valence-corrected chi connectivity index (χ3v) is 3.82. The molecule has 19 heavy (non-hydrogen) atoms. The molecule has 1 saturated carbocycles. The monoisotopic (exact) mass is 263 g/mol. The van der Waals surface area contributed by atoms with E-state index in [1.165, 1.54) is 18.4 Å². The second-order valence-electron chi connectivity index (χ2n) is 5.71. The van der Waals surface area contributed by atoms with Crippen molar-refractivity contribution < 1.29 is 9.94 Å². The van der Waals surface area contributed by atoms with Crippen molar-refractivity contribution in [1.29, 1.82) is 0 Å². The van der Waals surface area contributed by atoms with Crippen molar-refractivity contribution in [2.75, 3.05) is 6.54 Å². The van der Waals surface area contributed by atoms with E-state index in [0.717, 1.165) is 18.4 Å². The fourth-order valence-electron chi connectivity index (χ4n) is 2.47. The Kier molecular flexibility index (Phi) is 5.37. The average Bonchev–Trinajstić information content (AvgIpc) is 2.92. The number of hydroxylamine groups is 1. The molecular formula is C16H25NO2. The summed E-state index contributed by atoms with van der Waals surface area (Å²) in [6.45, 7) is 4.78. The lowest BCUT2D eigenvalue weighted by atomic mass is 10.00. The maximum atomic E-state index is 10.1. The molecule has 0 spiro atoms. The van der Waals surface area contributed by atoms with E-state index in [1.807, 2.05) is 12.1 Å². The molecule has 3 heteroatoms. The van der Waals surface area contributed by atoms with Gasteiger partial charge in [-0.2, -0.15) is 5.48 Å². The van der Waals surface area contributed by atoms with Gasteiger partial charge in [0.25, 0.3) is 0 Å². The standard InChI is InChI=1S/C16H25NO2/c1-12(2)13-7-9-14(10-8-13)16(18)11-17-19-15-5-3-4-6-15/h7-10,12,15-18H,3-6,11H2,1-2H3. The summed E-state index contributed by atoms with van der Waals surface area (Å²) in [7, 11) is 0. The lowest BCUT2D eigenvalue weighted by Gasteiger charge is -2.16. The minimum absolute atomic E-state index is 0.329. The molecule has 106 valence electrons. The molecule has 0 saturated heterocycles. The van der Waals surface area contributed by atoms with Crippen molar-refractivity contribution in [3.63, 3.8) is 0 Å². The normalized spacial score (nSPS) is 18.1. The molecule has 1 aliphatic carbocycles. The Balaban J connectivity index is 1.76. The highest BCUT2D eigenvalue weighted by molar-refractivity contribution is 5.26. The Morgan fingerprint density at radius 3 is 2.32 bits per heavy atom. The zero-order valence-electron chi connectivity index (χ0n) is 11.9. The number of rotatable bonds is 6. The van der Waals surface area contributed by atoms with Crippen LogP contribution in [-0.2, 0) is 4.84 Å². The maximum Gasteiger partial charge on any atom is 0.0937 e. The first-order chi connectivity index (χ1) is 9.16. The highest BCUT2D eigenvalue weighted by Gasteiger charge is 2.16. The molecule has 1 unspecified atom stereocenters. The van der Waals surface area contributed by atoms with Gasteiger partial charge >= 0.3 is 0 Å². The number of aliphatic hydroxyl groups excluding tert-OH is 1. The van der Waals surface area contributed by atoms with Gasteiger partial charge in [0.2, 0.25) is 0 Å². The predicted octanol–water partition coefficient (Wildman–Crippen LogP) is 3.31. The van der Waals surface area contributed by atoms with E-state index in [1.54, 1.807) is 0 Å². The molecule has 0 heterocycles. The van der Waals surface area contributed by atoms with Crippen LogP contribution in [-0.4, -0.2) is 17.8 Å². The van der Waals surface area contributed by atoms with Crippen LogP contribution in [0.25, 0.3) is 0 Å². The minimum atomic E-state index is -0.511. The molecule has 0 aliphatic heterocycles. The summed E-state index contributed by atoms with van der Waals surface area (Å²) in [5, 5.41) is 10.1. The summed E-state index contributed by atoms with van der Waals surface area (Å²) in [5.74, 6) is 0.523. The second-order valence-corrected chi connectivity index (χ2v) is 5.71. The first-order valence-corrected chi connectivity index (χ1v) is 7.33. The number of aliphatic hydroxyl groups is 1. The third-order valence-electron chi connectivity index (χ3n) is 3.82. The van der Waals surface area contributed by atoms with Crippen molar-refractivity contribution >= 4 is 0 Å². The van der Waals surface area contributed by atoms with Crippen LogP contribution in [0.15, 0.2) is 24.3 Å². The summed E-state index contributed by atoms with van der Waals surface area (Å²) >= 11 is 0. The maximum absolute atomic E-state index is 10.1. The Hall–Kier alpha value is -0.900. The van der Waals surface area contributed by atoms with Gasteiger partial charge in [-0.25, -0.2) is 0 Å². The van der Waals surface area contributed by atoms with Gasteiger partial charge in [-0.05, 0) is 29.9 Å². The lowest BCUT2D eigenvalue weighted by molar-refractivity contribution is -0.0372. The van der Waals surface area contributed by atoms with Crippen LogP contribution in [0.1, 0.15) is 62.7 Å². The van der Waals surface area contributed by atoms with Crippen LogP contribution in [0.5, 0.6) is 0 Å². The summed E-state index contributed by atoms with van der Waals surface area (Å²) < 4.78 is 0. The number of hydrogen-bond acceptors (Lipinski definition) is 3. The van der Waals surface area contributed by atoms with E-state index in [9.17, 15) is 5.11 Å². The van der Waals surface area contributed by atoms with Gasteiger partial charge in [0.05, 0.1) is 18.8 Å². The van der Waals surface area contributed by atoms with Gasteiger partial charge in [-0.15, -0.1) is 0 Å². The predicted molar refractivity (Wildman–Crippen MR) is 76.8 cm³/mol. The Labute approximate surface area is 115 Å². The quantitative estimate of drug-likeness (QED) is 0.774. The van der Waals surface area contributed by atoms with Gasteiger partial charge in [0.15, 0.2) is 0 Å². The van der Waals surface area contributed by atoms with Gasteiger partial charge in [0, 0.05) is 0 Å². The second kappa shape index (κ2) is 7.04. The molecule has 0 aromatic heterocycles. The smallest absolute Gasteiger partial charge is 0.0937 e. The summed E-state index contributed by atoms with van der Waals surface area (Å²) in [6.07, 6.45) is 4.59. The molecule has 1 aromatic carbocycles. The van der Waals surface area contributed by atoms with Gasteiger partial charge < -0.3 is 5.11 Å². The van der Waals surface area contributed by atoms with Crippen molar-refractivity contribution in [1.82, 2.24) is 5.48 Å². The van der Waals surface area contributed by atoms with Crippen LogP contribution >= 0.6 is 0 Å². The highest BCUT2D eigenvalue weighted by atomic mass is 16.7. The van der Waals surface area contributed by atoms with E-state index in [2.05, 4.69) is 31.5 Å². The van der Waals surface area contributed by atoms with E-state index in [-0.39, 0.29) is 0 Å².